The Hall–Kier alpha value is -2.08. The van der Waals surface area contributed by atoms with Gasteiger partial charge in [-0.25, -0.2) is 0 Å². The number of carbonyl (C=O) groups excluding carboxylic acids is 2. The number of benzene rings is 1. The monoisotopic (exact) mass is 331 g/mol. The van der Waals surface area contributed by atoms with Gasteiger partial charge in [0.15, 0.2) is 0 Å². The lowest BCUT2D eigenvalue weighted by Crippen LogP contribution is -2.53. The third kappa shape index (κ3) is 3.11. The molecular formula is C18H25N3O3. The number of hydrogen-bond donors (Lipinski definition) is 1. The molecule has 6 nitrogen and oxygen atoms in total. The molecule has 2 atom stereocenters. The molecule has 0 unspecified atom stereocenters. The van der Waals surface area contributed by atoms with Crippen molar-refractivity contribution in [1.82, 2.24) is 15.1 Å². The van der Waals surface area contributed by atoms with E-state index in [4.69, 9.17) is 4.74 Å². The number of hydrogen-bond acceptors (Lipinski definition) is 4. The van der Waals surface area contributed by atoms with Gasteiger partial charge in [0.2, 0.25) is 11.8 Å². The Morgan fingerprint density at radius 3 is 2.42 bits per heavy atom. The van der Waals surface area contributed by atoms with Gasteiger partial charge < -0.3 is 15.0 Å². The standard InChI is InChI=1S/C18H25N3O3/c1-19-17(22)16(13-6-8-14(24-2)9-7-13)21-12-3-5-15(21)18(23)20-10-4-11-20/h6-9,15-16H,3-5,10-12H2,1-2H3,(H,19,22)/t15-,16+/m0/s1. The summed E-state index contributed by atoms with van der Waals surface area (Å²) in [7, 11) is 3.26. The van der Waals surface area contributed by atoms with Gasteiger partial charge in [0.1, 0.15) is 11.8 Å². The lowest BCUT2D eigenvalue weighted by atomic mass is 10.0. The molecule has 2 aliphatic rings. The molecule has 24 heavy (non-hydrogen) atoms. The van der Waals surface area contributed by atoms with E-state index < -0.39 is 6.04 Å². The van der Waals surface area contributed by atoms with Crippen LogP contribution >= 0.6 is 0 Å². The van der Waals surface area contributed by atoms with Crippen molar-refractivity contribution in [3.05, 3.63) is 29.8 Å². The first-order chi connectivity index (χ1) is 11.7. The molecule has 2 aliphatic heterocycles. The third-order valence-corrected chi connectivity index (χ3v) is 5.00. The molecule has 0 saturated carbocycles. The van der Waals surface area contributed by atoms with Crippen molar-refractivity contribution in [2.75, 3.05) is 33.8 Å². The number of nitrogens with one attached hydrogen (secondary N) is 1. The van der Waals surface area contributed by atoms with Crippen LogP contribution in [-0.4, -0.2) is 61.4 Å². The predicted molar refractivity (Wildman–Crippen MR) is 90.7 cm³/mol. The highest BCUT2D eigenvalue weighted by atomic mass is 16.5. The number of carbonyl (C=O) groups is 2. The Bertz CT molecular complexity index is 598. The quantitative estimate of drug-likeness (QED) is 0.880. The summed E-state index contributed by atoms with van der Waals surface area (Å²) in [6.45, 7) is 2.45. The van der Waals surface area contributed by atoms with Gasteiger partial charge in [0.25, 0.3) is 0 Å². The maximum atomic E-state index is 12.7. The van der Waals surface area contributed by atoms with Gasteiger partial charge in [-0.05, 0) is 37.0 Å². The highest BCUT2D eigenvalue weighted by Crippen LogP contribution is 2.32. The van der Waals surface area contributed by atoms with Crippen LogP contribution in [0.1, 0.15) is 30.9 Å². The van der Waals surface area contributed by atoms with Crippen LogP contribution in [0.25, 0.3) is 0 Å². The second-order valence-corrected chi connectivity index (χ2v) is 6.36. The highest BCUT2D eigenvalue weighted by Gasteiger charge is 2.41. The molecule has 2 amide bonds. The summed E-state index contributed by atoms with van der Waals surface area (Å²) in [4.78, 5) is 29.2. The number of nitrogens with zero attached hydrogens (tertiary/aromatic N) is 2. The van der Waals surface area contributed by atoms with Crippen LogP contribution in [-0.2, 0) is 9.59 Å². The van der Waals surface area contributed by atoms with Crippen molar-refractivity contribution in [2.24, 2.45) is 0 Å². The Morgan fingerprint density at radius 1 is 1.17 bits per heavy atom. The second kappa shape index (κ2) is 7.21. The molecule has 2 saturated heterocycles. The van der Waals surface area contributed by atoms with Crippen LogP contribution in [0.3, 0.4) is 0 Å². The Balaban J connectivity index is 1.86. The number of rotatable bonds is 5. The van der Waals surface area contributed by atoms with Gasteiger partial charge in [0, 0.05) is 26.7 Å². The molecule has 2 heterocycles. The van der Waals surface area contributed by atoms with E-state index in [1.165, 1.54) is 0 Å². The number of amides is 2. The zero-order chi connectivity index (χ0) is 17.1. The van der Waals surface area contributed by atoms with Crippen LogP contribution in [0.5, 0.6) is 5.75 Å². The molecule has 1 N–H and O–H groups in total. The zero-order valence-corrected chi connectivity index (χ0v) is 14.3. The van der Waals surface area contributed by atoms with Gasteiger partial charge >= 0.3 is 0 Å². The van der Waals surface area contributed by atoms with Crippen LogP contribution in [0.2, 0.25) is 0 Å². The Morgan fingerprint density at radius 2 is 1.88 bits per heavy atom. The predicted octanol–water partition coefficient (Wildman–Crippen LogP) is 1.18. The maximum Gasteiger partial charge on any atom is 0.241 e. The maximum absolute atomic E-state index is 12.7. The van der Waals surface area contributed by atoms with E-state index in [0.29, 0.717) is 0 Å². The summed E-state index contributed by atoms with van der Waals surface area (Å²) in [5.41, 5.74) is 0.887. The van der Waals surface area contributed by atoms with Gasteiger partial charge in [0.05, 0.1) is 13.2 Å². The van der Waals surface area contributed by atoms with Crippen molar-refractivity contribution in [3.63, 3.8) is 0 Å². The minimum atomic E-state index is -0.446. The van der Waals surface area contributed by atoms with E-state index in [0.717, 1.165) is 50.2 Å². The summed E-state index contributed by atoms with van der Waals surface area (Å²) in [5, 5.41) is 2.75. The van der Waals surface area contributed by atoms with Crippen LogP contribution in [0.15, 0.2) is 24.3 Å². The molecular weight excluding hydrogens is 306 g/mol. The van der Waals surface area contributed by atoms with Crippen molar-refractivity contribution in [1.29, 1.82) is 0 Å². The molecule has 0 aromatic heterocycles. The van der Waals surface area contributed by atoms with Crippen molar-refractivity contribution < 1.29 is 14.3 Å². The summed E-state index contributed by atoms with van der Waals surface area (Å²) >= 11 is 0. The number of likely N-dealkylation sites (N-methyl/N-ethyl adjacent to an activating group) is 1. The molecule has 0 bridgehead atoms. The van der Waals surface area contributed by atoms with Crippen molar-refractivity contribution >= 4 is 11.8 Å². The van der Waals surface area contributed by atoms with Crippen molar-refractivity contribution in [2.45, 2.75) is 31.3 Å². The molecule has 1 aromatic rings. The molecule has 3 rings (SSSR count). The summed E-state index contributed by atoms with van der Waals surface area (Å²) < 4.78 is 5.20. The molecule has 1 aromatic carbocycles. The lowest BCUT2D eigenvalue weighted by molar-refractivity contribution is -0.141. The fraction of sp³-hybridized carbons (Fsp3) is 0.556. The minimum absolute atomic E-state index is 0.0801. The number of ether oxygens (including phenoxy) is 1. The molecule has 130 valence electrons. The first kappa shape index (κ1) is 16.8. The van der Waals surface area contributed by atoms with Gasteiger partial charge in [-0.2, -0.15) is 0 Å². The third-order valence-electron chi connectivity index (χ3n) is 5.00. The van der Waals surface area contributed by atoms with Crippen LogP contribution in [0, 0.1) is 0 Å². The number of likely N-dealkylation sites (tertiary alicyclic amines) is 2. The van der Waals surface area contributed by atoms with E-state index in [2.05, 4.69) is 10.2 Å². The van der Waals surface area contributed by atoms with Gasteiger partial charge in [-0.15, -0.1) is 0 Å². The normalized spacial score (nSPS) is 21.9. The lowest BCUT2D eigenvalue weighted by Gasteiger charge is -2.38. The SMILES string of the molecule is CNC(=O)[C@@H](c1ccc(OC)cc1)N1CCC[C@H]1C(=O)N1CCC1. The molecule has 2 fully saturated rings. The van der Waals surface area contributed by atoms with E-state index in [1.54, 1.807) is 14.2 Å². The summed E-state index contributed by atoms with van der Waals surface area (Å²) in [6, 6.07) is 6.87. The smallest absolute Gasteiger partial charge is 0.241 e. The molecule has 0 spiro atoms. The summed E-state index contributed by atoms with van der Waals surface area (Å²) in [6.07, 6.45) is 2.84. The zero-order valence-electron chi connectivity index (χ0n) is 14.3. The molecule has 6 heteroatoms. The van der Waals surface area contributed by atoms with Gasteiger partial charge in [-0.3, -0.25) is 14.5 Å². The first-order valence-corrected chi connectivity index (χ1v) is 8.55. The van der Waals surface area contributed by atoms with Crippen LogP contribution < -0.4 is 10.1 Å². The molecule has 0 aliphatic carbocycles. The van der Waals surface area contributed by atoms with Crippen LogP contribution in [0.4, 0.5) is 0 Å². The van der Waals surface area contributed by atoms with Gasteiger partial charge in [-0.1, -0.05) is 12.1 Å². The Labute approximate surface area is 142 Å². The van der Waals surface area contributed by atoms with E-state index in [-0.39, 0.29) is 17.9 Å². The average molecular weight is 331 g/mol. The number of methoxy groups -OCH3 is 1. The summed E-state index contributed by atoms with van der Waals surface area (Å²) in [5.74, 6) is 0.841. The fourth-order valence-electron chi connectivity index (χ4n) is 3.53. The van der Waals surface area contributed by atoms with E-state index in [9.17, 15) is 9.59 Å². The largest absolute Gasteiger partial charge is 0.497 e. The highest BCUT2D eigenvalue weighted by molar-refractivity contribution is 5.86. The Kier molecular flexibility index (Phi) is 5.04. The topological polar surface area (TPSA) is 61.9 Å². The molecule has 0 radical (unpaired) electrons. The fourth-order valence-corrected chi connectivity index (χ4v) is 3.53. The van der Waals surface area contributed by atoms with E-state index in [1.807, 2.05) is 29.2 Å². The minimum Gasteiger partial charge on any atom is -0.497 e. The average Bonchev–Trinajstić information content (AvgIpc) is 3.03. The van der Waals surface area contributed by atoms with E-state index >= 15 is 0 Å². The second-order valence-electron chi connectivity index (χ2n) is 6.36. The van der Waals surface area contributed by atoms with Crippen molar-refractivity contribution in [3.8, 4) is 5.75 Å². The first-order valence-electron chi connectivity index (χ1n) is 8.55.